The molecule has 1 heterocycles. The normalized spacial score (nSPS) is 19.3. The van der Waals surface area contributed by atoms with Crippen molar-refractivity contribution in [2.45, 2.75) is 39.7 Å². The van der Waals surface area contributed by atoms with Crippen molar-refractivity contribution in [2.75, 3.05) is 18.1 Å². The number of hydrogen-bond acceptors (Lipinski definition) is 3. The summed E-state index contributed by atoms with van der Waals surface area (Å²) in [4.78, 5) is 26.7. The number of aliphatic hydroxyl groups excluding tert-OH is 1. The van der Waals surface area contributed by atoms with Gasteiger partial charge in [-0.05, 0) is 37.8 Å². The molecule has 1 aromatic carbocycles. The monoisotopic (exact) mass is 318 g/mol. The molecule has 0 aliphatic carbocycles. The number of carbonyl (C=O) groups is 2. The average molecular weight is 318 g/mol. The van der Waals surface area contributed by atoms with E-state index in [1.54, 1.807) is 4.90 Å². The van der Waals surface area contributed by atoms with Gasteiger partial charge in [0, 0.05) is 24.9 Å². The third kappa shape index (κ3) is 4.10. The Morgan fingerprint density at radius 3 is 2.57 bits per heavy atom. The number of amides is 2. The highest BCUT2D eigenvalue weighted by Gasteiger charge is 2.38. The lowest BCUT2D eigenvalue weighted by molar-refractivity contribution is -0.132. The molecule has 0 saturated carbocycles. The fraction of sp³-hybridized carbons (Fsp3) is 0.556. The Hall–Kier alpha value is -1.88. The summed E-state index contributed by atoms with van der Waals surface area (Å²) in [5, 5.41) is 12.0. The fourth-order valence-electron chi connectivity index (χ4n) is 2.90. The maximum Gasteiger partial charge on any atom is 0.239 e. The van der Waals surface area contributed by atoms with E-state index in [2.05, 4.69) is 5.32 Å². The SMILES string of the molecule is Cc1ccc(N2CCC(C(=O)NC(CCO)C(C)C)C2=O)cc1. The van der Waals surface area contributed by atoms with E-state index in [-0.39, 0.29) is 30.4 Å². The fourth-order valence-corrected chi connectivity index (χ4v) is 2.90. The minimum atomic E-state index is -0.628. The topological polar surface area (TPSA) is 69.6 Å². The van der Waals surface area contributed by atoms with Crippen molar-refractivity contribution < 1.29 is 14.7 Å². The van der Waals surface area contributed by atoms with Crippen LogP contribution in [0.15, 0.2) is 24.3 Å². The van der Waals surface area contributed by atoms with E-state index in [1.165, 1.54) is 0 Å². The lowest BCUT2D eigenvalue weighted by atomic mass is 9.99. The third-order valence-corrected chi connectivity index (χ3v) is 4.44. The summed E-state index contributed by atoms with van der Waals surface area (Å²) in [6, 6.07) is 7.65. The van der Waals surface area contributed by atoms with Crippen LogP contribution in [0.25, 0.3) is 0 Å². The van der Waals surface area contributed by atoms with Crippen molar-refractivity contribution in [3.8, 4) is 0 Å². The predicted octanol–water partition coefficient (Wildman–Crippen LogP) is 1.87. The van der Waals surface area contributed by atoms with Gasteiger partial charge in [0.15, 0.2) is 0 Å². The lowest BCUT2D eigenvalue weighted by Gasteiger charge is -2.23. The Labute approximate surface area is 137 Å². The number of anilines is 1. The highest BCUT2D eigenvalue weighted by Crippen LogP contribution is 2.26. The van der Waals surface area contributed by atoms with Crippen molar-refractivity contribution in [3.63, 3.8) is 0 Å². The summed E-state index contributed by atoms with van der Waals surface area (Å²) >= 11 is 0. The highest BCUT2D eigenvalue weighted by atomic mass is 16.3. The van der Waals surface area contributed by atoms with Crippen molar-refractivity contribution in [3.05, 3.63) is 29.8 Å². The largest absolute Gasteiger partial charge is 0.396 e. The van der Waals surface area contributed by atoms with Crippen LogP contribution >= 0.6 is 0 Å². The molecular formula is C18H26N2O3. The van der Waals surface area contributed by atoms with Gasteiger partial charge in [-0.3, -0.25) is 9.59 Å². The van der Waals surface area contributed by atoms with Crippen LogP contribution in [-0.4, -0.2) is 36.1 Å². The first-order valence-corrected chi connectivity index (χ1v) is 8.23. The maximum atomic E-state index is 12.6. The number of nitrogens with zero attached hydrogens (tertiary/aromatic N) is 1. The van der Waals surface area contributed by atoms with E-state index in [0.29, 0.717) is 19.4 Å². The van der Waals surface area contributed by atoms with E-state index in [9.17, 15) is 9.59 Å². The predicted molar refractivity (Wildman–Crippen MR) is 90.1 cm³/mol. The van der Waals surface area contributed by atoms with E-state index < -0.39 is 5.92 Å². The van der Waals surface area contributed by atoms with Crippen LogP contribution in [0.3, 0.4) is 0 Å². The van der Waals surface area contributed by atoms with Gasteiger partial charge in [0.1, 0.15) is 5.92 Å². The quantitative estimate of drug-likeness (QED) is 0.787. The van der Waals surface area contributed by atoms with E-state index >= 15 is 0 Å². The van der Waals surface area contributed by atoms with Crippen LogP contribution in [0.1, 0.15) is 32.3 Å². The summed E-state index contributed by atoms with van der Waals surface area (Å²) in [6.45, 7) is 6.58. The third-order valence-electron chi connectivity index (χ3n) is 4.44. The first-order valence-electron chi connectivity index (χ1n) is 8.23. The maximum absolute atomic E-state index is 12.6. The van der Waals surface area contributed by atoms with Crippen molar-refractivity contribution in [1.82, 2.24) is 5.32 Å². The van der Waals surface area contributed by atoms with Crippen molar-refractivity contribution >= 4 is 17.5 Å². The summed E-state index contributed by atoms with van der Waals surface area (Å²) in [6.07, 6.45) is 1.04. The summed E-state index contributed by atoms with van der Waals surface area (Å²) in [7, 11) is 0. The second kappa shape index (κ2) is 7.59. The van der Waals surface area contributed by atoms with Crippen LogP contribution in [0.4, 0.5) is 5.69 Å². The minimum Gasteiger partial charge on any atom is -0.396 e. The van der Waals surface area contributed by atoms with Crippen LogP contribution < -0.4 is 10.2 Å². The smallest absolute Gasteiger partial charge is 0.239 e. The Balaban J connectivity index is 2.03. The van der Waals surface area contributed by atoms with E-state index in [4.69, 9.17) is 5.11 Å². The lowest BCUT2D eigenvalue weighted by Crippen LogP contribution is -2.44. The molecule has 1 saturated heterocycles. The van der Waals surface area contributed by atoms with Crippen LogP contribution in [0, 0.1) is 18.8 Å². The zero-order valence-corrected chi connectivity index (χ0v) is 14.1. The van der Waals surface area contributed by atoms with Gasteiger partial charge in [-0.2, -0.15) is 0 Å². The summed E-state index contributed by atoms with van der Waals surface area (Å²) in [5.74, 6) is -0.776. The standard InChI is InChI=1S/C18H26N2O3/c1-12(2)16(9-11-21)19-17(22)15-8-10-20(18(15)23)14-6-4-13(3)5-7-14/h4-7,12,15-16,21H,8-11H2,1-3H3,(H,19,22). The average Bonchev–Trinajstić information content (AvgIpc) is 2.89. The molecule has 5 nitrogen and oxygen atoms in total. The second-order valence-corrected chi connectivity index (χ2v) is 6.54. The van der Waals surface area contributed by atoms with Crippen molar-refractivity contribution in [1.29, 1.82) is 0 Å². The van der Waals surface area contributed by atoms with Crippen LogP contribution in [0.5, 0.6) is 0 Å². The molecular weight excluding hydrogens is 292 g/mol. The number of carbonyl (C=O) groups excluding carboxylic acids is 2. The summed E-state index contributed by atoms with van der Waals surface area (Å²) in [5.41, 5.74) is 1.98. The Morgan fingerprint density at radius 2 is 2.00 bits per heavy atom. The van der Waals surface area contributed by atoms with Gasteiger partial charge in [-0.1, -0.05) is 31.5 Å². The van der Waals surface area contributed by atoms with Gasteiger partial charge >= 0.3 is 0 Å². The molecule has 1 aliphatic rings. The molecule has 0 spiro atoms. The molecule has 2 N–H and O–H groups in total. The Bertz CT molecular complexity index is 554. The second-order valence-electron chi connectivity index (χ2n) is 6.54. The number of rotatable bonds is 6. The molecule has 1 aromatic rings. The number of benzene rings is 1. The summed E-state index contributed by atoms with van der Waals surface area (Å²) < 4.78 is 0. The zero-order valence-electron chi connectivity index (χ0n) is 14.1. The molecule has 1 aliphatic heterocycles. The zero-order chi connectivity index (χ0) is 17.0. The molecule has 1 fully saturated rings. The van der Waals surface area contributed by atoms with Gasteiger partial charge < -0.3 is 15.3 Å². The first kappa shape index (κ1) is 17.5. The number of aliphatic hydroxyl groups is 1. The number of aryl methyl sites for hydroxylation is 1. The molecule has 2 atom stereocenters. The van der Waals surface area contributed by atoms with Gasteiger partial charge in [0.2, 0.25) is 11.8 Å². The molecule has 0 bridgehead atoms. The van der Waals surface area contributed by atoms with Gasteiger partial charge in [-0.25, -0.2) is 0 Å². The van der Waals surface area contributed by atoms with Gasteiger partial charge in [0.25, 0.3) is 0 Å². The van der Waals surface area contributed by atoms with Crippen LogP contribution in [-0.2, 0) is 9.59 Å². The molecule has 0 aromatic heterocycles. The Kier molecular flexibility index (Phi) is 5.77. The van der Waals surface area contributed by atoms with E-state index in [1.807, 2.05) is 45.0 Å². The molecule has 2 rings (SSSR count). The van der Waals surface area contributed by atoms with Crippen LogP contribution in [0.2, 0.25) is 0 Å². The molecule has 5 heteroatoms. The van der Waals surface area contributed by atoms with Gasteiger partial charge in [-0.15, -0.1) is 0 Å². The van der Waals surface area contributed by atoms with E-state index in [0.717, 1.165) is 11.3 Å². The number of nitrogens with one attached hydrogen (secondary N) is 1. The molecule has 23 heavy (non-hydrogen) atoms. The molecule has 0 radical (unpaired) electrons. The highest BCUT2D eigenvalue weighted by molar-refractivity contribution is 6.09. The molecule has 2 amide bonds. The number of hydrogen-bond donors (Lipinski definition) is 2. The molecule has 2 unspecified atom stereocenters. The van der Waals surface area contributed by atoms with Crippen molar-refractivity contribution in [2.24, 2.45) is 11.8 Å². The molecule has 126 valence electrons. The first-order chi connectivity index (χ1) is 10.9. The van der Waals surface area contributed by atoms with Gasteiger partial charge in [0.05, 0.1) is 0 Å². The Morgan fingerprint density at radius 1 is 1.35 bits per heavy atom. The minimum absolute atomic E-state index is 0.0250.